The molecule has 3 rings (SSSR count). The van der Waals surface area contributed by atoms with Gasteiger partial charge in [-0.25, -0.2) is 4.98 Å². The third-order valence-electron chi connectivity index (χ3n) is 2.41. The molecule has 0 aromatic carbocycles. The molecule has 0 aliphatic rings. The molecule has 0 radical (unpaired) electrons. The van der Waals surface area contributed by atoms with Crippen molar-refractivity contribution in [2.45, 2.75) is 6.92 Å². The number of anilines is 1. The summed E-state index contributed by atoms with van der Waals surface area (Å²) in [6, 6.07) is 6.81. The summed E-state index contributed by atoms with van der Waals surface area (Å²) in [5.74, 6) is -0.241. The number of amides is 1. The molecule has 3 aromatic rings. The molecule has 0 fully saturated rings. The van der Waals surface area contributed by atoms with Crippen LogP contribution in [0.25, 0.3) is 11.6 Å². The minimum Gasteiger partial charge on any atom is -0.401 e. The summed E-state index contributed by atoms with van der Waals surface area (Å²) in [6.07, 6.45) is 1.37. The summed E-state index contributed by atoms with van der Waals surface area (Å²) < 4.78 is 10.0. The molecular weight excluding hydrogens is 262 g/mol. The van der Waals surface area contributed by atoms with Crippen LogP contribution in [-0.4, -0.2) is 26.2 Å². The molecule has 3 heterocycles. The second kappa shape index (κ2) is 4.92. The number of nitrogens with zero attached hydrogens (tertiary/aromatic N) is 4. The van der Waals surface area contributed by atoms with Gasteiger partial charge in [0.1, 0.15) is 5.69 Å². The highest BCUT2D eigenvalue weighted by atomic mass is 16.5. The van der Waals surface area contributed by atoms with Crippen LogP contribution in [0.4, 0.5) is 6.01 Å². The Balaban J connectivity index is 1.79. The van der Waals surface area contributed by atoms with Crippen LogP contribution in [0.3, 0.4) is 0 Å². The smallest absolute Gasteiger partial charge is 0.322 e. The number of aryl methyl sites for hydroxylation is 1. The van der Waals surface area contributed by atoms with E-state index in [1.165, 1.54) is 12.3 Å². The quantitative estimate of drug-likeness (QED) is 0.772. The Morgan fingerprint density at radius 1 is 1.25 bits per heavy atom. The number of hydrogen-bond donors (Lipinski definition) is 1. The van der Waals surface area contributed by atoms with E-state index in [0.29, 0.717) is 5.69 Å². The summed E-state index contributed by atoms with van der Waals surface area (Å²) in [6.45, 7) is 1.85. The van der Waals surface area contributed by atoms with Crippen LogP contribution in [0.2, 0.25) is 0 Å². The van der Waals surface area contributed by atoms with E-state index >= 15 is 0 Å². The molecule has 0 saturated heterocycles. The summed E-state index contributed by atoms with van der Waals surface area (Å²) in [4.78, 5) is 15.9. The molecule has 0 aliphatic carbocycles. The fourth-order valence-electron chi connectivity index (χ4n) is 1.53. The van der Waals surface area contributed by atoms with Gasteiger partial charge in [0.15, 0.2) is 0 Å². The average molecular weight is 271 g/mol. The zero-order chi connectivity index (χ0) is 13.9. The topological polar surface area (TPSA) is 107 Å². The second-order valence-electron chi connectivity index (χ2n) is 3.91. The fourth-order valence-corrected chi connectivity index (χ4v) is 1.53. The molecule has 0 unspecified atom stereocenters. The minimum absolute atomic E-state index is 0.0373. The van der Waals surface area contributed by atoms with Gasteiger partial charge in [-0.15, -0.1) is 5.10 Å². The maximum Gasteiger partial charge on any atom is 0.322 e. The maximum absolute atomic E-state index is 11.7. The van der Waals surface area contributed by atoms with Gasteiger partial charge in [-0.05, 0) is 19.1 Å². The van der Waals surface area contributed by atoms with Crippen molar-refractivity contribution in [3.8, 4) is 11.6 Å². The molecule has 8 heteroatoms. The number of pyridine rings is 1. The molecule has 100 valence electrons. The van der Waals surface area contributed by atoms with Crippen molar-refractivity contribution in [2.24, 2.45) is 0 Å². The van der Waals surface area contributed by atoms with Crippen molar-refractivity contribution >= 4 is 11.9 Å². The summed E-state index contributed by atoms with van der Waals surface area (Å²) in [5, 5.41) is 13.4. The Morgan fingerprint density at radius 2 is 2.15 bits per heavy atom. The lowest BCUT2D eigenvalue weighted by molar-refractivity contribution is 0.0985. The van der Waals surface area contributed by atoms with E-state index in [2.05, 4.69) is 25.7 Å². The lowest BCUT2D eigenvalue weighted by Gasteiger charge is -1.96. The van der Waals surface area contributed by atoms with Crippen LogP contribution in [0.5, 0.6) is 0 Å². The van der Waals surface area contributed by atoms with Gasteiger partial charge in [-0.3, -0.25) is 10.1 Å². The fraction of sp³-hybridized carbons (Fsp3) is 0.0833. The monoisotopic (exact) mass is 271 g/mol. The number of carbonyl (C=O) groups excluding carboxylic acids is 1. The molecule has 1 amide bonds. The van der Waals surface area contributed by atoms with Crippen LogP contribution in [-0.2, 0) is 0 Å². The van der Waals surface area contributed by atoms with E-state index < -0.39 is 5.91 Å². The Labute approximate surface area is 112 Å². The zero-order valence-electron chi connectivity index (χ0n) is 10.4. The van der Waals surface area contributed by atoms with Gasteiger partial charge in [-0.2, -0.15) is 0 Å². The molecule has 20 heavy (non-hydrogen) atoms. The van der Waals surface area contributed by atoms with Crippen LogP contribution in [0.15, 0.2) is 39.4 Å². The second-order valence-corrected chi connectivity index (χ2v) is 3.91. The first-order valence-corrected chi connectivity index (χ1v) is 5.72. The highest BCUT2D eigenvalue weighted by Crippen LogP contribution is 2.18. The molecule has 0 saturated carbocycles. The van der Waals surface area contributed by atoms with Crippen molar-refractivity contribution in [3.05, 3.63) is 41.9 Å². The molecule has 0 bridgehead atoms. The van der Waals surface area contributed by atoms with Gasteiger partial charge >= 0.3 is 6.01 Å². The number of nitrogens with one attached hydrogen (secondary N) is 1. The van der Waals surface area contributed by atoms with Gasteiger partial charge in [0.25, 0.3) is 11.8 Å². The van der Waals surface area contributed by atoms with E-state index in [-0.39, 0.29) is 17.7 Å². The Kier molecular flexibility index (Phi) is 2.96. The molecule has 1 N–H and O–H groups in total. The predicted molar refractivity (Wildman–Crippen MR) is 66.7 cm³/mol. The van der Waals surface area contributed by atoms with Crippen LogP contribution in [0, 0.1) is 6.92 Å². The lowest BCUT2D eigenvalue weighted by atomic mass is 10.3. The number of hydrogen-bond acceptors (Lipinski definition) is 7. The van der Waals surface area contributed by atoms with Crippen molar-refractivity contribution < 1.29 is 13.7 Å². The SMILES string of the molecule is Cc1cccc(-c2nnc(NC(=O)c3ccno3)o2)n1. The van der Waals surface area contributed by atoms with E-state index in [1.807, 2.05) is 19.1 Å². The standard InChI is InChI=1S/C12H9N5O3/c1-7-3-2-4-8(14-7)11-16-17-12(19-11)15-10(18)9-5-6-13-20-9/h2-6H,1H3,(H,15,17,18). The molecule has 8 nitrogen and oxygen atoms in total. The van der Waals surface area contributed by atoms with E-state index in [0.717, 1.165) is 5.69 Å². The van der Waals surface area contributed by atoms with Crippen molar-refractivity contribution in [3.63, 3.8) is 0 Å². The van der Waals surface area contributed by atoms with Crippen LogP contribution in [0.1, 0.15) is 16.2 Å². The van der Waals surface area contributed by atoms with Gasteiger partial charge in [-0.1, -0.05) is 16.3 Å². The minimum atomic E-state index is -0.519. The van der Waals surface area contributed by atoms with E-state index in [1.54, 1.807) is 6.07 Å². The molecule has 0 atom stereocenters. The van der Waals surface area contributed by atoms with Crippen molar-refractivity contribution in [1.82, 2.24) is 20.3 Å². The first kappa shape index (κ1) is 12.0. The van der Waals surface area contributed by atoms with Crippen LogP contribution >= 0.6 is 0 Å². The predicted octanol–water partition coefficient (Wildman–Crippen LogP) is 1.68. The molecule has 3 aromatic heterocycles. The number of rotatable bonds is 3. The highest BCUT2D eigenvalue weighted by molar-refractivity contribution is 6.00. The first-order chi connectivity index (χ1) is 9.72. The Hall–Kier alpha value is -3.03. The Bertz CT molecular complexity index is 735. The third-order valence-corrected chi connectivity index (χ3v) is 2.41. The average Bonchev–Trinajstić information content (AvgIpc) is 3.10. The number of carbonyl (C=O) groups is 1. The van der Waals surface area contributed by atoms with Crippen LogP contribution < -0.4 is 5.32 Å². The van der Waals surface area contributed by atoms with Gasteiger partial charge in [0.2, 0.25) is 5.76 Å². The molecular formula is C12H9N5O3. The largest absolute Gasteiger partial charge is 0.401 e. The highest BCUT2D eigenvalue weighted by Gasteiger charge is 2.15. The lowest BCUT2D eigenvalue weighted by Crippen LogP contribution is -2.11. The molecule has 0 aliphatic heterocycles. The summed E-state index contributed by atoms with van der Waals surface area (Å²) in [5.41, 5.74) is 1.37. The first-order valence-electron chi connectivity index (χ1n) is 5.72. The van der Waals surface area contributed by atoms with Gasteiger partial charge in [0.05, 0.1) is 6.20 Å². The normalized spacial score (nSPS) is 10.4. The van der Waals surface area contributed by atoms with E-state index in [4.69, 9.17) is 8.94 Å². The number of aromatic nitrogens is 4. The van der Waals surface area contributed by atoms with Gasteiger partial charge in [0, 0.05) is 11.8 Å². The summed E-state index contributed by atoms with van der Waals surface area (Å²) >= 11 is 0. The maximum atomic E-state index is 11.7. The zero-order valence-corrected chi connectivity index (χ0v) is 10.4. The third kappa shape index (κ3) is 2.39. The summed E-state index contributed by atoms with van der Waals surface area (Å²) in [7, 11) is 0. The Morgan fingerprint density at radius 3 is 2.90 bits per heavy atom. The van der Waals surface area contributed by atoms with Crippen molar-refractivity contribution in [2.75, 3.05) is 5.32 Å². The van der Waals surface area contributed by atoms with Gasteiger partial charge < -0.3 is 8.94 Å². The van der Waals surface area contributed by atoms with E-state index in [9.17, 15) is 4.79 Å². The molecule has 0 spiro atoms. The van der Waals surface area contributed by atoms with Crippen molar-refractivity contribution in [1.29, 1.82) is 0 Å².